The first-order valence-electron chi connectivity index (χ1n) is 11.8. The normalized spacial score (nSPS) is 15.1. The first-order valence-corrected chi connectivity index (χ1v) is 20.6. The first kappa shape index (κ1) is 29.0. The molecule has 2 nitrogen and oxygen atoms in total. The van der Waals surface area contributed by atoms with Crippen molar-refractivity contribution < 1.29 is 17.4 Å². The average Bonchev–Trinajstić information content (AvgIpc) is 2.70. The van der Waals surface area contributed by atoms with Gasteiger partial charge in [0, 0.05) is 0 Å². The Kier molecular flexibility index (Phi) is 12.1. The average molecular weight is 568 g/mol. The van der Waals surface area contributed by atoms with Crippen LogP contribution in [0.25, 0.3) is 0 Å². The molecule has 1 aromatic carbocycles. The molecule has 0 aliphatic rings. The molecule has 1 N–H and O–H groups in total. The van der Waals surface area contributed by atoms with Gasteiger partial charge in [0.2, 0.25) is 0 Å². The molecule has 0 saturated heterocycles. The van der Waals surface area contributed by atoms with Crippen LogP contribution in [0, 0.1) is 0 Å². The quantitative estimate of drug-likeness (QED) is 0.239. The third-order valence-electron chi connectivity index (χ3n) is 6.05. The summed E-state index contributed by atoms with van der Waals surface area (Å²) in [6, 6.07) is 5.66. The fourth-order valence-electron chi connectivity index (χ4n) is 4.09. The van der Waals surface area contributed by atoms with Crippen LogP contribution in [0.2, 0.25) is 13.3 Å². The monoisotopic (exact) mass is 569 g/mol. The minimum atomic E-state index is -4.34. The maximum atomic E-state index is 13.2. The fourth-order valence-corrected chi connectivity index (χ4v) is 24.3. The van der Waals surface area contributed by atoms with E-state index in [1.54, 1.807) is 12.1 Å². The summed E-state index contributed by atoms with van der Waals surface area (Å²) in [5, 5.41) is 0. The fraction of sp³-hybridized carbons (Fsp3) is 0.750. The third kappa shape index (κ3) is 8.99. The van der Waals surface area contributed by atoms with Crippen LogP contribution in [0.1, 0.15) is 95.3 Å². The van der Waals surface area contributed by atoms with Crippen LogP contribution in [0.3, 0.4) is 0 Å². The molecule has 0 heterocycles. The second-order valence-electron chi connectivity index (χ2n) is 9.72. The SMILES string of the molecule is CCC[CH2][Sn]([CH2]CCC)([CH2]CCC)[C@H](N[S@](=O)C(C)(C)C)c1ccc(C(F)(F)F)cc1. The van der Waals surface area contributed by atoms with Crippen molar-refractivity contribution in [2.45, 2.75) is 108 Å². The summed E-state index contributed by atoms with van der Waals surface area (Å²) in [5.41, 5.74) is 0.271. The Balaban J connectivity index is 3.53. The van der Waals surface area contributed by atoms with Gasteiger partial charge in [0.25, 0.3) is 0 Å². The molecule has 1 aromatic rings. The Hall–Kier alpha value is -0.0813. The Morgan fingerprint density at radius 2 is 1.29 bits per heavy atom. The Morgan fingerprint density at radius 1 is 0.871 bits per heavy atom. The number of rotatable bonds is 13. The van der Waals surface area contributed by atoms with E-state index in [-0.39, 0.29) is 4.06 Å². The Bertz CT molecular complexity index is 649. The van der Waals surface area contributed by atoms with E-state index >= 15 is 0 Å². The molecule has 0 bridgehead atoms. The van der Waals surface area contributed by atoms with Gasteiger partial charge in [0.15, 0.2) is 0 Å². The summed E-state index contributed by atoms with van der Waals surface area (Å²) in [4.78, 5) is 0. The van der Waals surface area contributed by atoms with Crippen molar-refractivity contribution in [1.82, 2.24) is 4.72 Å². The van der Waals surface area contributed by atoms with E-state index in [0.29, 0.717) is 0 Å². The van der Waals surface area contributed by atoms with E-state index in [0.717, 1.165) is 44.1 Å². The van der Waals surface area contributed by atoms with E-state index in [1.807, 2.05) is 20.8 Å². The molecule has 31 heavy (non-hydrogen) atoms. The minimum absolute atomic E-state index is 0.0405. The summed E-state index contributed by atoms with van der Waals surface area (Å²) >= 11 is -2.98. The van der Waals surface area contributed by atoms with E-state index in [1.165, 1.54) is 25.4 Å². The van der Waals surface area contributed by atoms with Crippen molar-refractivity contribution in [1.29, 1.82) is 0 Å². The van der Waals surface area contributed by atoms with Crippen molar-refractivity contribution in [3.05, 3.63) is 35.4 Å². The summed E-state index contributed by atoms with van der Waals surface area (Å²) < 4.78 is 59.3. The van der Waals surface area contributed by atoms with E-state index < -0.39 is 45.8 Å². The molecule has 7 heteroatoms. The second kappa shape index (κ2) is 13.0. The van der Waals surface area contributed by atoms with Crippen molar-refractivity contribution in [3.8, 4) is 0 Å². The zero-order chi connectivity index (χ0) is 23.7. The molecule has 0 unspecified atom stereocenters. The molecule has 0 aromatic heterocycles. The third-order valence-corrected chi connectivity index (χ3v) is 24.6. The van der Waals surface area contributed by atoms with E-state index in [2.05, 4.69) is 25.5 Å². The van der Waals surface area contributed by atoms with E-state index in [4.69, 9.17) is 0 Å². The van der Waals surface area contributed by atoms with Gasteiger partial charge < -0.3 is 0 Å². The number of halogens is 3. The summed E-state index contributed by atoms with van der Waals surface area (Å²) in [5.74, 6) is 0. The standard InChI is InChI=1S/C12H15F3NOS.3C4H9.Sn/c1-11(2,3)18(17)16-8-9-4-6-10(7-5-9)12(13,14)15;3*1-3-4-2;/h4-8,16H,1-3H3;3*1,3-4H2,2H3;/t18-;;;;/m1..../s1. The van der Waals surface area contributed by atoms with Gasteiger partial charge in [-0.15, -0.1) is 0 Å². The summed E-state index contributed by atoms with van der Waals surface area (Å²) in [6.07, 6.45) is 2.42. The number of benzene rings is 1. The van der Waals surface area contributed by atoms with Crippen LogP contribution in [-0.4, -0.2) is 27.3 Å². The number of unbranched alkanes of at least 4 members (excludes halogenated alkanes) is 3. The van der Waals surface area contributed by atoms with Crippen molar-refractivity contribution in [3.63, 3.8) is 0 Å². The molecule has 1 rings (SSSR count). The molecular weight excluding hydrogens is 526 g/mol. The molecule has 0 spiro atoms. The van der Waals surface area contributed by atoms with Crippen LogP contribution in [0.15, 0.2) is 24.3 Å². The molecule has 0 aliphatic heterocycles. The predicted molar refractivity (Wildman–Crippen MR) is 130 cm³/mol. The van der Waals surface area contributed by atoms with Crippen molar-refractivity contribution >= 4 is 29.4 Å². The van der Waals surface area contributed by atoms with Crippen LogP contribution in [0.5, 0.6) is 0 Å². The Labute approximate surface area is 194 Å². The first-order chi connectivity index (χ1) is 14.4. The molecule has 0 saturated carbocycles. The number of nitrogens with one attached hydrogen (secondary N) is 1. The molecule has 0 aliphatic carbocycles. The van der Waals surface area contributed by atoms with Crippen LogP contribution >= 0.6 is 0 Å². The number of hydrogen-bond acceptors (Lipinski definition) is 1. The predicted octanol–water partition coefficient (Wildman–Crippen LogP) is 8.19. The van der Waals surface area contributed by atoms with Gasteiger partial charge in [-0.05, 0) is 0 Å². The molecule has 0 radical (unpaired) electrons. The van der Waals surface area contributed by atoms with Crippen LogP contribution in [0.4, 0.5) is 13.2 Å². The topological polar surface area (TPSA) is 29.1 Å². The molecular formula is C24H42F3NOSSn. The second-order valence-corrected chi connectivity index (χ2v) is 25.4. The van der Waals surface area contributed by atoms with Gasteiger partial charge in [-0.25, -0.2) is 0 Å². The maximum absolute atomic E-state index is 13.2. The van der Waals surface area contributed by atoms with Gasteiger partial charge in [-0.1, -0.05) is 0 Å². The van der Waals surface area contributed by atoms with E-state index in [9.17, 15) is 17.4 Å². The van der Waals surface area contributed by atoms with Gasteiger partial charge >= 0.3 is 195 Å². The van der Waals surface area contributed by atoms with Gasteiger partial charge in [-0.3, -0.25) is 0 Å². The molecule has 0 amide bonds. The van der Waals surface area contributed by atoms with Gasteiger partial charge in [0.05, 0.1) is 0 Å². The molecule has 2 atom stereocenters. The number of alkyl halides is 3. The van der Waals surface area contributed by atoms with Crippen LogP contribution in [-0.2, 0) is 17.2 Å². The Morgan fingerprint density at radius 3 is 1.61 bits per heavy atom. The van der Waals surface area contributed by atoms with Crippen LogP contribution < -0.4 is 4.72 Å². The number of hydrogen-bond donors (Lipinski definition) is 1. The zero-order valence-electron chi connectivity index (χ0n) is 20.2. The van der Waals surface area contributed by atoms with Gasteiger partial charge in [0.1, 0.15) is 0 Å². The summed E-state index contributed by atoms with van der Waals surface area (Å²) in [6.45, 7) is 12.4. The van der Waals surface area contributed by atoms with Gasteiger partial charge in [-0.2, -0.15) is 0 Å². The summed E-state index contributed by atoms with van der Waals surface area (Å²) in [7, 11) is -1.27. The molecule has 180 valence electrons. The molecule has 0 fully saturated rings. The zero-order valence-corrected chi connectivity index (χ0v) is 23.9. The van der Waals surface area contributed by atoms with Crippen molar-refractivity contribution in [2.24, 2.45) is 0 Å². The van der Waals surface area contributed by atoms with Crippen molar-refractivity contribution in [2.75, 3.05) is 0 Å².